The minimum atomic E-state index is -4.33. The standard InChI is InChI=1S/C26H23FN2O6S/c1-17(18-6-4-3-5-7-18)29(36(33,34)22-14-10-20(27)11-15-22)23-16-24(30)28(25(23)31)21-12-8-19(9-13-21)26(32)35-2/h3-15,17,23H,16H2,1-2H3. The highest BCUT2D eigenvalue weighted by molar-refractivity contribution is 7.89. The van der Waals surface area contributed by atoms with Crippen molar-refractivity contribution in [3.8, 4) is 0 Å². The largest absolute Gasteiger partial charge is 0.465 e. The summed E-state index contributed by atoms with van der Waals surface area (Å²) in [6.07, 6.45) is -0.380. The third kappa shape index (κ3) is 4.65. The van der Waals surface area contributed by atoms with Crippen molar-refractivity contribution in [2.45, 2.75) is 30.3 Å². The van der Waals surface area contributed by atoms with Gasteiger partial charge in [-0.2, -0.15) is 4.31 Å². The first-order chi connectivity index (χ1) is 17.1. The van der Waals surface area contributed by atoms with Gasteiger partial charge in [-0.3, -0.25) is 9.59 Å². The summed E-state index contributed by atoms with van der Waals surface area (Å²) in [6.45, 7) is 1.63. The molecular weight excluding hydrogens is 487 g/mol. The molecule has 0 aromatic heterocycles. The van der Waals surface area contributed by atoms with Crippen LogP contribution in [0.25, 0.3) is 0 Å². The highest BCUT2D eigenvalue weighted by atomic mass is 32.2. The maximum Gasteiger partial charge on any atom is 0.337 e. The number of nitrogens with zero attached hydrogens (tertiary/aromatic N) is 2. The number of ether oxygens (including phenoxy) is 1. The Morgan fingerprint density at radius 2 is 1.61 bits per heavy atom. The molecule has 1 fully saturated rings. The van der Waals surface area contributed by atoms with Crippen molar-refractivity contribution in [1.82, 2.24) is 4.31 Å². The van der Waals surface area contributed by atoms with E-state index in [9.17, 15) is 27.2 Å². The van der Waals surface area contributed by atoms with Crippen molar-refractivity contribution in [3.63, 3.8) is 0 Å². The van der Waals surface area contributed by atoms with Gasteiger partial charge in [0, 0.05) is 6.04 Å². The fourth-order valence-electron chi connectivity index (χ4n) is 4.20. The maximum atomic E-state index is 13.8. The lowest BCUT2D eigenvalue weighted by molar-refractivity contribution is -0.122. The number of hydrogen-bond donors (Lipinski definition) is 0. The SMILES string of the molecule is COC(=O)c1ccc(N2C(=O)CC(N(C(C)c3ccccc3)S(=O)(=O)c3ccc(F)cc3)C2=O)cc1. The Morgan fingerprint density at radius 1 is 1.00 bits per heavy atom. The molecular formula is C26H23FN2O6S. The minimum absolute atomic E-state index is 0.201. The van der Waals surface area contributed by atoms with Gasteiger partial charge >= 0.3 is 5.97 Å². The fraction of sp³-hybridized carbons (Fsp3) is 0.192. The zero-order valence-corrected chi connectivity index (χ0v) is 20.3. The van der Waals surface area contributed by atoms with E-state index in [-0.39, 0.29) is 22.6 Å². The van der Waals surface area contributed by atoms with E-state index < -0.39 is 45.7 Å². The Kier molecular flexibility index (Phi) is 7.00. The van der Waals surface area contributed by atoms with Gasteiger partial charge in [0.2, 0.25) is 15.9 Å². The molecule has 4 rings (SSSR count). The fourth-order valence-corrected chi connectivity index (χ4v) is 5.96. The Hall–Kier alpha value is -3.89. The molecule has 0 radical (unpaired) electrons. The van der Waals surface area contributed by atoms with Crippen molar-refractivity contribution in [2.75, 3.05) is 12.0 Å². The highest BCUT2D eigenvalue weighted by Crippen LogP contribution is 2.35. The number of carbonyl (C=O) groups is 3. The number of esters is 1. The Morgan fingerprint density at radius 3 is 2.19 bits per heavy atom. The van der Waals surface area contributed by atoms with E-state index in [4.69, 9.17) is 0 Å². The minimum Gasteiger partial charge on any atom is -0.465 e. The van der Waals surface area contributed by atoms with Gasteiger partial charge in [-0.05, 0) is 61.0 Å². The molecule has 8 nitrogen and oxygen atoms in total. The Bertz CT molecular complexity index is 1390. The van der Waals surface area contributed by atoms with Crippen LogP contribution in [0.5, 0.6) is 0 Å². The van der Waals surface area contributed by atoms with Crippen LogP contribution in [-0.2, 0) is 24.3 Å². The number of carbonyl (C=O) groups excluding carboxylic acids is 3. The Balaban J connectivity index is 1.75. The lowest BCUT2D eigenvalue weighted by Crippen LogP contribution is -2.46. The third-order valence-electron chi connectivity index (χ3n) is 6.03. The summed E-state index contributed by atoms with van der Waals surface area (Å²) in [5.41, 5.74) is 1.05. The first kappa shape index (κ1) is 25.2. The van der Waals surface area contributed by atoms with Crippen LogP contribution in [0.3, 0.4) is 0 Å². The molecule has 1 saturated heterocycles. The number of amides is 2. The summed E-state index contributed by atoms with van der Waals surface area (Å²) in [5, 5.41) is 0. The van der Waals surface area contributed by atoms with E-state index in [2.05, 4.69) is 4.74 Å². The second-order valence-corrected chi connectivity index (χ2v) is 10.0. The topological polar surface area (TPSA) is 101 Å². The van der Waals surface area contributed by atoms with E-state index >= 15 is 0 Å². The van der Waals surface area contributed by atoms with E-state index in [0.717, 1.165) is 33.5 Å². The summed E-state index contributed by atoms with van der Waals surface area (Å²) in [6, 6.07) is 16.5. The van der Waals surface area contributed by atoms with Gasteiger partial charge in [-0.1, -0.05) is 30.3 Å². The molecule has 0 N–H and O–H groups in total. The number of benzene rings is 3. The number of imide groups is 1. The molecule has 1 aliphatic heterocycles. The van der Waals surface area contributed by atoms with Gasteiger partial charge in [-0.15, -0.1) is 0 Å². The second kappa shape index (κ2) is 10.00. The smallest absolute Gasteiger partial charge is 0.337 e. The molecule has 0 saturated carbocycles. The molecule has 0 bridgehead atoms. The number of rotatable bonds is 7. The molecule has 10 heteroatoms. The van der Waals surface area contributed by atoms with Crippen LogP contribution in [-0.4, -0.2) is 43.7 Å². The van der Waals surface area contributed by atoms with Gasteiger partial charge in [-0.25, -0.2) is 22.5 Å². The van der Waals surface area contributed by atoms with Crippen LogP contribution in [0.4, 0.5) is 10.1 Å². The zero-order valence-electron chi connectivity index (χ0n) is 19.5. The summed E-state index contributed by atoms with van der Waals surface area (Å²) < 4.78 is 46.7. The van der Waals surface area contributed by atoms with Gasteiger partial charge in [0.05, 0.1) is 29.7 Å². The number of methoxy groups -OCH3 is 1. The number of sulfonamides is 1. The molecule has 2 atom stereocenters. The van der Waals surface area contributed by atoms with E-state index in [1.165, 1.54) is 31.4 Å². The van der Waals surface area contributed by atoms with Gasteiger partial charge in [0.1, 0.15) is 11.9 Å². The summed E-state index contributed by atoms with van der Waals surface area (Å²) >= 11 is 0. The van der Waals surface area contributed by atoms with Crippen molar-refractivity contribution >= 4 is 33.5 Å². The monoisotopic (exact) mass is 510 g/mol. The second-order valence-electron chi connectivity index (χ2n) is 8.20. The van der Waals surface area contributed by atoms with E-state index in [1.807, 2.05) is 0 Å². The molecule has 2 amide bonds. The first-order valence-corrected chi connectivity index (χ1v) is 12.5. The quantitative estimate of drug-likeness (QED) is 0.355. The molecule has 1 aliphatic rings. The summed E-state index contributed by atoms with van der Waals surface area (Å²) in [5.74, 6) is -2.49. The van der Waals surface area contributed by atoms with Crippen LogP contribution < -0.4 is 4.90 Å². The van der Waals surface area contributed by atoms with Crippen molar-refractivity contribution in [1.29, 1.82) is 0 Å². The lowest BCUT2D eigenvalue weighted by Gasteiger charge is -2.32. The number of halogens is 1. The molecule has 0 spiro atoms. The number of hydrogen-bond acceptors (Lipinski definition) is 6. The van der Waals surface area contributed by atoms with Crippen LogP contribution >= 0.6 is 0 Å². The highest BCUT2D eigenvalue weighted by Gasteiger charge is 2.49. The normalized spacial score (nSPS) is 16.9. The first-order valence-electron chi connectivity index (χ1n) is 11.0. The summed E-state index contributed by atoms with van der Waals surface area (Å²) in [4.78, 5) is 39.0. The van der Waals surface area contributed by atoms with Gasteiger partial charge in [0.15, 0.2) is 0 Å². The predicted octanol–water partition coefficient (Wildman–Crippen LogP) is 3.70. The maximum absolute atomic E-state index is 13.8. The van der Waals surface area contributed by atoms with Gasteiger partial charge < -0.3 is 4.74 Å². The van der Waals surface area contributed by atoms with Crippen molar-refractivity contribution < 1.29 is 31.9 Å². The molecule has 2 unspecified atom stereocenters. The van der Waals surface area contributed by atoms with Crippen LogP contribution in [0.15, 0.2) is 83.8 Å². The molecule has 36 heavy (non-hydrogen) atoms. The van der Waals surface area contributed by atoms with Gasteiger partial charge in [0.25, 0.3) is 5.91 Å². The molecule has 3 aromatic carbocycles. The molecule has 0 aliphatic carbocycles. The van der Waals surface area contributed by atoms with E-state index in [0.29, 0.717) is 5.56 Å². The van der Waals surface area contributed by atoms with Crippen LogP contribution in [0, 0.1) is 5.82 Å². The lowest BCUT2D eigenvalue weighted by atomic mass is 10.1. The third-order valence-corrected chi connectivity index (χ3v) is 8.02. The molecule has 186 valence electrons. The van der Waals surface area contributed by atoms with Crippen LogP contribution in [0.2, 0.25) is 0 Å². The van der Waals surface area contributed by atoms with Crippen molar-refractivity contribution in [3.05, 3.63) is 95.8 Å². The zero-order chi connectivity index (χ0) is 26.0. The average molecular weight is 511 g/mol. The van der Waals surface area contributed by atoms with Crippen molar-refractivity contribution in [2.24, 2.45) is 0 Å². The molecule has 1 heterocycles. The predicted molar refractivity (Wildman–Crippen MR) is 129 cm³/mol. The molecule has 3 aromatic rings. The van der Waals surface area contributed by atoms with Crippen LogP contribution in [0.1, 0.15) is 35.3 Å². The average Bonchev–Trinajstić information content (AvgIpc) is 3.17. The summed E-state index contributed by atoms with van der Waals surface area (Å²) in [7, 11) is -3.09. The van der Waals surface area contributed by atoms with E-state index in [1.54, 1.807) is 37.3 Å². The Labute approximate surface area is 208 Å². The number of anilines is 1.